The summed E-state index contributed by atoms with van der Waals surface area (Å²) in [5.41, 5.74) is 1.61. The molecule has 0 aromatic heterocycles. The molecule has 1 fully saturated rings. The predicted octanol–water partition coefficient (Wildman–Crippen LogP) is 2.50. The van der Waals surface area contributed by atoms with Crippen molar-refractivity contribution in [3.8, 4) is 6.07 Å². The Bertz CT molecular complexity index is 425. The molecule has 1 atom stereocenters. The molecule has 4 nitrogen and oxygen atoms in total. The van der Waals surface area contributed by atoms with Crippen molar-refractivity contribution < 1.29 is 9.47 Å². The van der Waals surface area contributed by atoms with E-state index in [1.165, 1.54) is 0 Å². The molecule has 0 aliphatic carbocycles. The van der Waals surface area contributed by atoms with E-state index in [1.807, 2.05) is 6.07 Å². The lowest BCUT2D eigenvalue weighted by atomic mass is 10.2. The van der Waals surface area contributed by atoms with Crippen LogP contribution < -0.4 is 5.32 Å². The predicted molar refractivity (Wildman–Crippen MR) is 67.7 cm³/mol. The zero-order valence-electron chi connectivity index (χ0n) is 9.28. The van der Waals surface area contributed by atoms with Gasteiger partial charge in [-0.3, -0.25) is 0 Å². The van der Waals surface area contributed by atoms with E-state index in [9.17, 15) is 0 Å². The highest BCUT2D eigenvalue weighted by Gasteiger charge is 2.14. The van der Waals surface area contributed by atoms with Gasteiger partial charge in [-0.05, 0) is 40.5 Å². The Labute approximate surface area is 109 Å². The Morgan fingerprint density at radius 1 is 1.53 bits per heavy atom. The third-order valence-corrected chi connectivity index (χ3v) is 3.25. The number of hydrogen-bond donors (Lipinski definition) is 1. The highest BCUT2D eigenvalue weighted by Crippen LogP contribution is 2.23. The summed E-state index contributed by atoms with van der Waals surface area (Å²) in [5.74, 6) is 0. The van der Waals surface area contributed by atoms with Gasteiger partial charge in [0.05, 0.1) is 24.3 Å². The minimum absolute atomic E-state index is 0.186. The van der Waals surface area contributed by atoms with Crippen LogP contribution in [0, 0.1) is 11.3 Å². The molecule has 17 heavy (non-hydrogen) atoms. The minimum atomic E-state index is 0.186. The molecular weight excluding hydrogens is 284 g/mol. The normalized spacial score (nSPS) is 19.6. The number of hydrogen-bond acceptors (Lipinski definition) is 4. The maximum atomic E-state index is 8.76. The van der Waals surface area contributed by atoms with Gasteiger partial charge in [0.15, 0.2) is 0 Å². The lowest BCUT2D eigenvalue weighted by Gasteiger charge is -2.23. The zero-order chi connectivity index (χ0) is 12.1. The summed E-state index contributed by atoms with van der Waals surface area (Å²) in [7, 11) is 0. The first-order valence-corrected chi connectivity index (χ1v) is 6.22. The molecule has 0 radical (unpaired) electrons. The van der Waals surface area contributed by atoms with Crippen LogP contribution in [0.1, 0.15) is 12.0 Å². The Balaban J connectivity index is 1.92. The molecule has 1 aliphatic heterocycles. The van der Waals surface area contributed by atoms with Crippen LogP contribution in [0.3, 0.4) is 0 Å². The van der Waals surface area contributed by atoms with Crippen molar-refractivity contribution in [1.82, 2.24) is 0 Å². The summed E-state index contributed by atoms with van der Waals surface area (Å²) in [6.07, 6.45) is 1.09. The largest absolute Gasteiger partial charge is 0.382 e. The van der Waals surface area contributed by atoms with Crippen molar-refractivity contribution in [2.75, 3.05) is 25.3 Å². The van der Waals surface area contributed by atoms with E-state index < -0.39 is 0 Å². The number of ether oxygens (including phenoxy) is 2. The molecule has 2 rings (SSSR count). The number of anilines is 1. The molecule has 0 bridgehead atoms. The van der Waals surface area contributed by atoms with Crippen LogP contribution >= 0.6 is 15.9 Å². The Hall–Kier alpha value is -1.09. The molecule has 0 amide bonds. The van der Waals surface area contributed by atoms with E-state index in [0.717, 1.165) is 29.7 Å². The molecule has 1 aromatic rings. The van der Waals surface area contributed by atoms with Crippen LogP contribution in [0.25, 0.3) is 0 Å². The summed E-state index contributed by atoms with van der Waals surface area (Å²) in [6.45, 7) is 1.87. The Kier molecular flexibility index (Phi) is 4.37. The summed E-state index contributed by atoms with van der Waals surface area (Å²) in [5, 5.41) is 12.1. The van der Waals surface area contributed by atoms with Gasteiger partial charge in [-0.15, -0.1) is 0 Å². The van der Waals surface area contributed by atoms with E-state index in [2.05, 4.69) is 27.3 Å². The van der Waals surface area contributed by atoms with Crippen LogP contribution in [0.5, 0.6) is 0 Å². The summed E-state index contributed by atoms with van der Waals surface area (Å²) < 4.78 is 11.4. The lowest BCUT2D eigenvalue weighted by molar-refractivity contribution is -0.133. The molecule has 5 heteroatoms. The van der Waals surface area contributed by atoms with E-state index in [0.29, 0.717) is 12.4 Å². The van der Waals surface area contributed by atoms with Crippen LogP contribution in [0.2, 0.25) is 0 Å². The van der Waals surface area contributed by atoms with Crippen molar-refractivity contribution in [2.45, 2.75) is 12.5 Å². The lowest BCUT2D eigenvalue weighted by Crippen LogP contribution is -2.30. The van der Waals surface area contributed by atoms with Crippen molar-refractivity contribution in [3.05, 3.63) is 28.2 Å². The standard InChI is InChI=1S/C12H13BrN2O2/c13-11-5-9(6-14)1-2-12(11)15-7-10-3-4-16-8-17-10/h1-2,5,10,15H,3-4,7-8H2. The smallest absolute Gasteiger partial charge is 0.147 e. The molecule has 1 unspecified atom stereocenters. The molecule has 0 saturated carbocycles. The first-order valence-electron chi connectivity index (χ1n) is 5.42. The van der Waals surface area contributed by atoms with Crippen molar-refractivity contribution in [3.63, 3.8) is 0 Å². The van der Waals surface area contributed by atoms with Gasteiger partial charge < -0.3 is 14.8 Å². The Morgan fingerprint density at radius 2 is 2.41 bits per heavy atom. The van der Waals surface area contributed by atoms with Crippen LogP contribution in [-0.4, -0.2) is 26.0 Å². The molecule has 1 saturated heterocycles. The van der Waals surface area contributed by atoms with Crippen molar-refractivity contribution in [1.29, 1.82) is 5.26 Å². The van der Waals surface area contributed by atoms with Gasteiger partial charge >= 0.3 is 0 Å². The number of halogens is 1. The van der Waals surface area contributed by atoms with Gasteiger partial charge in [-0.25, -0.2) is 0 Å². The molecule has 0 spiro atoms. The maximum Gasteiger partial charge on any atom is 0.147 e. The number of nitrogens with one attached hydrogen (secondary N) is 1. The quantitative estimate of drug-likeness (QED) is 0.931. The van der Waals surface area contributed by atoms with Crippen molar-refractivity contribution >= 4 is 21.6 Å². The van der Waals surface area contributed by atoms with E-state index in [-0.39, 0.29) is 6.10 Å². The summed E-state index contributed by atoms with van der Waals surface area (Å²) >= 11 is 3.43. The SMILES string of the molecule is N#Cc1ccc(NCC2CCOCO2)c(Br)c1. The van der Waals surface area contributed by atoms with Gasteiger partial charge in [-0.2, -0.15) is 5.26 Å². The monoisotopic (exact) mass is 296 g/mol. The van der Waals surface area contributed by atoms with Gasteiger partial charge in [0.25, 0.3) is 0 Å². The third-order valence-electron chi connectivity index (χ3n) is 2.59. The molecular formula is C12H13BrN2O2. The first kappa shape index (κ1) is 12.4. The number of nitrogens with zero attached hydrogens (tertiary/aromatic N) is 1. The second-order valence-electron chi connectivity index (χ2n) is 3.79. The molecule has 1 aromatic carbocycles. The molecule has 1 N–H and O–H groups in total. The van der Waals surface area contributed by atoms with E-state index in [4.69, 9.17) is 14.7 Å². The van der Waals surface area contributed by atoms with Gasteiger partial charge in [-0.1, -0.05) is 0 Å². The second kappa shape index (κ2) is 6.01. The highest BCUT2D eigenvalue weighted by molar-refractivity contribution is 9.10. The maximum absolute atomic E-state index is 8.76. The van der Waals surface area contributed by atoms with Crippen LogP contribution in [0.15, 0.2) is 22.7 Å². The fourth-order valence-corrected chi connectivity index (χ4v) is 2.13. The van der Waals surface area contributed by atoms with Gasteiger partial charge in [0, 0.05) is 16.7 Å². The van der Waals surface area contributed by atoms with Gasteiger partial charge in [0.1, 0.15) is 6.79 Å². The summed E-state index contributed by atoms with van der Waals surface area (Å²) in [4.78, 5) is 0. The second-order valence-corrected chi connectivity index (χ2v) is 4.65. The van der Waals surface area contributed by atoms with Crippen LogP contribution in [-0.2, 0) is 9.47 Å². The average molecular weight is 297 g/mol. The number of rotatable bonds is 3. The molecule has 90 valence electrons. The first-order chi connectivity index (χ1) is 8.29. The average Bonchev–Trinajstić information content (AvgIpc) is 2.38. The third kappa shape index (κ3) is 3.43. The van der Waals surface area contributed by atoms with E-state index >= 15 is 0 Å². The topological polar surface area (TPSA) is 54.3 Å². The highest BCUT2D eigenvalue weighted by atomic mass is 79.9. The molecule has 1 heterocycles. The minimum Gasteiger partial charge on any atom is -0.382 e. The fourth-order valence-electron chi connectivity index (χ4n) is 1.61. The van der Waals surface area contributed by atoms with Crippen molar-refractivity contribution in [2.24, 2.45) is 0 Å². The summed E-state index contributed by atoms with van der Waals surface area (Å²) in [6, 6.07) is 7.58. The Morgan fingerprint density at radius 3 is 3.06 bits per heavy atom. The number of nitriles is 1. The van der Waals surface area contributed by atoms with Gasteiger partial charge in [0.2, 0.25) is 0 Å². The zero-order valence-corrected chi connectivity index (χ0v) is 10.9. The number of benzene rings is 1. The van der Waals surface area contributed by atoms with Crippen LogP contribution in [0.4, 0.5) is 5.69 Å². The molecule has 1 aliphatic rings. The fraction of sp³-hybridized carbons (Fsp3) is 0.417. The van der Waals surface area contributed by atoms with E-state index in [1.54, 1.807) is 12.1 Å².